The lowest BCUT2D eigenvalue weighted by Gasteiger charge is -2.40. The van der Waals surface area contributed by atoms with Crippen LogP contribution in [0.15, 0.2) is 55.6 Å². The molecule has 0 atom stereocenters. The molecule has 3 aromatic rings. The summed E-state index contributed by atoms with van der Waals surface area (Å²) in [5.74, 6) is 1.77. The number of carbonyl (C=O) groups is 1. The number of amides is 1. The van der Waals surface area contributed by atoms with Crippen LogP contribution in [-0.4, -0.2) is 51.9 Å². The van der Waals surface area contributed by atoms with Gasteiger partial charge in [-0.2, -0.15) is 0 Å². The van der Waals surface area contributed by atoms with Gasteiger partial charge in [-0.25, -0.2) is 15.0 Å². The molecule has 2 saturated heterocycles. The van der Waals surface area contributed by atoms with Gasteiger partial charge in [-0.1, -0.05) is 12.6 Å². The molecule has 4 heterocycles. The van der Waals surface area contributed by atoms with Gasteiger partial charge in [-0.3, -0.25) is 4.79 Å². The van der Waals surface area contributed by atoms with E-state index in [-0.39, 0.29) is 5.91 Å². The van der Waals surface area contributed by atoms with E-state index in [4.69, 9.17) is 0 Å². The molecule has 2 aliphatic rings. The van der Waals surface area contributed by atoms with Crippen LogP contribution in [0.4, 0.5) is 17.3 Å². The Morgan fingerprint density at radius 2 is 2.00 bits per heavy atom. The van der Waals surface area contributed by atoms with Gasteiger partial charge in [0.25, 0.3) is 0 Å². The van der Waals surface area contributed by atoms with Crippen molar-refractivity contribution in [2.75, 3.05) is 36.4 Å². The van der Waals surface area contributed by atoms with Crippen molar-refractivity contribution >= 4 is 34.0 Å². The molecule has 1 aromatic carbocycles. The van der Waals surface area contributed by atoms with Gasteiger partial charge < -0.3 is 15.1 Å². The van der Waals surface area contributed by atoms with Crippen LogP contribution < -0.4 is 10.2 Å². The summed E-state index contributed by atoms with van der Waals surface area (Å²) in [5, 5.41) is 5.59. The summed E-state index contributed by atoms with van der Waals surface area (Å²) >= 11 is 0. The van der Waals surface area contributed by atoms with Crippen LogP contribution in [0.25, 0.3) is 10.8 Å². The smallest absolute Gasteiger partial charge is 0.245 e. The average Bonchev–Trinajstić information content (AvgIpc) is 2.67. The number of likely N-dealkylation sites (tertiary alicyclic amines) is 1. The van der Waals surface area contributed by atoms with E-state index in [0.29, 0.717) is 11.7 Å². The van der Waals surface area contributed by atoms with E-state index < -0.39 is 0 Å². The monoisotopic (exact) mass is 386 g/mol. The van der Waals surface area contributed by atoms with E-state index in [1.807, 2.05) is 17.2 Å². The van der Waals surface area contributed by atoms with Gasteiger partial charge >= 0.3 is 0 Å². The Balaban J connectivity index is 1.52. The third kappa shape index (κ3) is 3.18. The minimum atomic E-state index is -0.00413. The predicted molar refractivity (Wildman–Crippen MR) is 113 cm³/mol. The van der Waals surface area contributed by atoms with Crippen molar-refractivity contribution in [2.45, 2.75) is 12.3 Å². The van der Waals surface area contributed by atoms with Crippen molar-refractivity contribution in [1.82, 2.24) is 19.9 Å². The molecule has 7 heteroatoms. The van der Waals surface area contributed by atoms with Crippen molar-refractivity contribution in [3.8, 4) is 0 Å². The second-order valence-corrected chi connectivity index (χ2v) is 7.49. The van der Waals surface area contributed by atoms with Crippen LogP contribution in [-0.2, 0) is 4.79 Å². The first-order valence-corrected chi connectivity index (χ1v) is 9.85. The summed E-state index contributed by atoms with van der Waals surface area (Å²) in [4.78, 5) is 28.9. The summed E-state index contributed by atoms with van der Waals surface area (Å²) in [6, 6.07) is 8.32. The van der Waals surface area contributed by atoms with Crippen LogP contribution in [0.1, 0.15) is 17.9 Å². The fourth-order valence-corrected chi connectivity index (χ4v) is 3.98. The quantitative estimate of drug-likeness (QED) is 0.680. The minimum absolute atomic E-state index is 0.00413. The highest BCUT2D eigenvalue weighted by Gasteiger charge is 2.32. The fraction of sp³-hybridized carbons (Fsp3) is 0.273. The lowest BCUT2D eigenvalue weighted by molar-refractivity contribution is -0.130. The fourth-order valence-electron chi connectivity index (χ4n) is 3.98. The molecule has 5 rings (SSSR count). The van der Waals surface area contributed by atoms with Crippen LogP contribution in [0, 0.1) is 0 Å². The zero-order chi connectivity index (χ0) is 19.8. The molecule has 0 bridgehead atoms. The lowest BCUT2D eigenvalue weighted by atomic mass is 9.87. The van der Waals surface area contributed by atoms with Crippen molar-refractivity contribution in [2.24, 2.45) is 0 Å². The van der Waals surface area contributed by atoms with Gasteiger partial charge in [0.05, 0.1) is 0 Å². The summed E-state index contributed by atoms with van der Waals surface area (Å²) in [7, 11) is 0. The molecule has 1 amide bonds. The number of hydrogen-bond donors (Lipinski definition) is 1. The zero-order valence-electron chi connectivity index (χ0n) is 16.1. The molecule has 2 fully saturated rings. The summed E-state index contributed by atoms with van der Waals surface area (Å²) in [5.41, 5.74) is 2.49. The molecule has 0 aliphatic carbocycles. The number of benzene rings is 1. The number of pyridine rings is 1. The lowest BCUT2D eigenvalue weighted by Crippen LogP contribution is -2.47. The standard InChI is InChI=1S/C22H22N6O/c1-2-22(29)28-12-15(13-28)16-4-5-19(27-8-3-9-27)18-11-24-21(10-17(16)18)26-20-6-7-23-14-25-20/h2,4-7,10-11,14-15H,1,3,8-9,12-13H2,(H,23,24,25,26). The van der Waals surface area contributed by atoms with E-state index in [9.17, 15) is 4.79 Å². The van der Waals surface area contributed by atoms with Gasteiger partial charge in [0, 0.05) is 55.6 Å². The number of nitrogens with one attached hydrogen (secondary N) is 1. The van der Waals surface area contributed by atoms with Crippen molar-refractivity contribution in [1.29, 1.82) is 0 Å². The minimum Gasteiger partial charge on any atom is -0.371 e. The molecule has 1 N–H and O–H groups in total. The zero-order valence-corrected chi connectivity index (χ0v) is 16.1. The third-order valence-corrected chi connectivity index (χ3v) is 5.75. The molecule has 2 aromatic heterocycles. The maximum Gasteiger partial charge on any atom is 0.245 e. The Labute approximate surface area is 169 Å². The number of aromatic nitrogens is 3. The summed E-state index contributed by atoms with van der Waals surface area (Å²) < 4.78 is 0. The van der Waals surface area contributed by atoms with E-state index in [0.717, 1.165) is 37.4 Å². The highest BCUT2D eigenvalue weighted by molar-refractivity contribution is 5.98. The highest BCUT2D eigenvalue weighted by Crippen LogP contribution is 2.38. The number of hydrogen-bond acceptors (Lipinski definition) is 6. The predicted octanol–water partition coefficient (Wildman–Crippen LogP) is 3.09. The van der Waals surface area contributed by atoms with E-state index in [2.05, 4.69) is 49.9 Å². The first-order chi connectivity index (χ1) is 14.2. The van der Waals surface area contributed by atoms with Gasteiger partial charge in [-0.05, 0) is 41.6 Å². The average molecular weight is 386 g/mol. The number of nitrogens with zero attached hydrogens (tertiary/aromatic N) is 5. The summed E-state index contributed by atoms with van der Waals surface area (Å²) in [6.45, 7) is 7.20. The Morgan fingerprint density at radius 3 is 2.69 bits per heavy atom. The van der Waals surface area contributed by atoms with Crippen molar-refractivity contribution < 1.29 is 4.79 Å². The second kappa shape index (κ2) is 7.16. The number of fused-ring (bicyclic) bond motifs is 1. The van der Waals surface area contributed by atoms with E-state index in [1.165, 1.54) is 35.5 Å². The van der Waals surface area contributed by atoms with Crippen LogP contribution in [0.3, 0.4) is 0 Å². The first kappa shape index (κ1) is 17.6. The molecule has 7 nitrogen and oxygen atoms in total. The maximum absolute atomic E-state index is 11.9. The SMILES string of the molecule is C=CC(=O)N1CC(c2ccc(N3CCC3)c3cnc(Nc4ccncn4)cc23)C1. The second-order valence-electron chi connectivity index (χ2n) is 7.49. The number of rotatable bonds is 5. The number of anilines is 3. The molecular formula is C22H22N6O. The van der Waals surface area contributed by atoms with E-state index in [1.54, 1.807) is 6.20 Å². The normalized spacial score (nSPS) is 16.3. The van der Waals surface area contributed by atoms with Gasteiger partial charge in [-0.15, -0.1) is 0 Å². The summed E-state index contributed by atoms with van der Waals surface area (Å²) in [6.07, 6.45) is 7.77. The first-order valence-electron chi connectivity index (χ1n) is 9.85. The van der Waals surface area contributed by atoms with Crippen molar-refractivity contribution in [3.63, 3.8) is 0 Å². The molecule has 0 unspecified atom stereocenters. The van der Waals surface area contributed by atoms with Crippen LogP contribution in [0.5, 0.6) is 0 Å². The molecule has 0 saturated carbocycles. The van der Waals surface area contributed by atoms with Crippen molar-refractivity contribution in [3.05, 3.63) is 61.2 Å². The van der Waals surface area contributed by atoms with E-state index >= 15 is 0 Å². The molecule has 29 heavy (non-hydrogen) atoms. The Bertz CT molecular complexity index is 1070. The third-order valence-electron chi connectivity index (χ3n) is 5.75. The number of carbonyl (C=O) groups excluding carboxylic acids is 1. The van der Waals surface area contributed by atoms with Gasteiger partial charge in [0.2, 0.25) is 5.91 Å². The molecule has 146 valence electrons. The largest absolute Gasteiger partial charge is 0.371 e. The highest BCUT2D eigenvalue weighted by atomic mass is 16.2. The van der Waals surface area contributed by atoms with Crippen LogP contribution in [0.2, 0.25) is 0 Å². The Morgan fingerprint density at radius 1 is 1.14 bits per heavy atom. The topological polar surface area (TPSA) is 74.2 Å². The van der Waals surface area contributed by atoms with Gasteiger partial charge in [0.1, 0.15) is 18.0 Å². The van der Waals surface area contributed by atoms with Gasteiger partial charge in [0.15, 0.2) is 0 Å². The molecule has 2 aliphatic heterocycles. The Kier molecular flexibility index (Phi) is 4.35. The molecule has 0 spiro atoms. The molecule has 0 radical (unpaired) electrons. The maximum atomic E-state index is 11.9. The molecular weight excluding hydrogens is 364 g/mol. The Hall–Kier alpha value is -3.48. The van der Waals surface area contributed by atoms with Crippen LogP contribution >= 0.6 is 0 Å².